The lowest BCUT2D eigenvalue weighted by Crippen LogP contribution is -2.11. The maximum Gasteiger partial charge on any atom is 0.387 e. The Hall–Kier alpha value is -2.18. The van der Waals surface area contributed by atoms with Gasteiger partial charge in [-0.1, -0.05) is 0 Å². The van der Waals surface area contributed by atoms with Crippen LogP contribution in [0, 0.1) is 0 Å². The summed E-state index contributed by atoms with van der Waals surface area (Å²) in [5.41, 5.74) is -0.224. The van der Waals surface area contributed by atoms with E-state index in [0.717, 1.165) is 6.07 Å². The van der Waals surface area contributed by atoms with E-state index in [-0.39, 0.29) is 11.3 Å². The number of carbonyl (C=O) groups excluding carboxylic acids is 1. The van der Waals surface area contributed by atoms with Crippen molar-refractivity contribution in [3.8, 4) is 5.75 Å². The van der Waals surface area contributed by atoms with Crippen LogP contribution in [0.15, 0.2) is 18.2 Å². The SMILES string of the molecule is CC(=O)Nc1ccc(C(=O)O)cc1OC(F)F. The molecule has 1 amide bonds. The van der Waals surface area contributed by atoms with Crippen LogP contribution in [0.5, 0.6) is 5.75 Å². The van der Waals surface area contributed by atoms with E-state index in [9.17, 15) is 18.4 Å². The molecule has 0 saturated carbocycles. The van der Waals surface area contributed by atoms with Gasteiger partial charge in [-0.3, -0.25) is 4.79 Å². The molecule has 1 rings (SSSR count). The molecule has 0 aliphatic rings. The number of ether oxygens (including phenoxy) is 1. The van der Waals surface area contributed by atoms with Crippen molar-refractivity contribution in [3.63, 3.8) is 0 Å². The zero-order valence-corrected chi connectivity index (χ0v) is 8.74. The zero-order valence-electron chi connectivity index (χ0n) is 8.74. The van der Waals surface area contributed by atoms with Gasteiger partial charge in [-0.25, -0.2) is 4.79 Å². The summed E-state index contributed by atoms with van der Waals surface area (Å²) in [4.78, 5) is 21.4. The Kier molecular flexibility index (Phi) is 3.97. The zero-order chi connectivity index (χ0) is 13.0. The molecule has 0 aromatic heterocycles. The number of nitrogens with one attached hydrogen (secondary N) is 1. The van der Waals surface area contributed by atoms with Crippen molar-refractivity contribution in [2.75, 3.05) is 5.32 Å². The summed E-state index contributed by atoms with van der Waals surface area (Å²) in [5, 5.41) is 10.9. The first kappa shape index (κ1) is 12.9. The number of halogens is 2. The van der Waals surface area contributed by atoms with Crippen LogP contribution in [0.4, 0.5) is 14.5 Å². The third kappa shape index (κ3) is 3.71. The van der Waals surface area contributed by atoms with Crippen LogP contribution in [0.3, 0.4) is 0 Å². The van der Waals surface area contributed by atoms with Crippen LogP contribution in [0.1, 0.15) is 17.3 Å². The second kappa shape index (κ2) is 5.24. The summed E-state index contributed by atoms with van der Waals surface area (Å²) in [7, 11) is 0. The number of hydrogen-bond donors (Lipinski definition) is 2. The first-order valence-corrected chi connectivity index (χ1v) is 4.50. The maximum absolute atomic E-state index is 12.1. The highest BCUT2D eigenvalue weighted by molar-refractivity contribution is 5.93. The lowest BCUT2D eigenvalue weighted by Gasteiger charge is -2.11. The van der Waals surface area contributed by atoms with Gasteiger partial charge < -0.3 is 15.2 Å². The molecule has 0 saturated heterocycles. The van der Waals surface area contributed by atoms with E-state index in [1.54, 1.807) is 0 Å². The Bertz CT molecular complexity index is 448. The summed E-state index contributed by atoms with van der Waals surface area (Å²) < 4.78 is 28.3. The second-order valence-electron chi connectivity index (χ2n) is 3.08. The van der Waals surface area contributed by atoms with E-state index in [1.165, 1.54) is 19.1 Å². The minimum Gasteiger partial charge on any atom is -0.478 e. The van der Waals surface area contributed by atoms with Crippen molar-refractivity contribution >= 4 is 17.6 Å². The molecular weight excluding hydrogens is 236 g/mol. The fourth-order valence-corrected chi connectivity index (χ4v) is 1.14. The van der Waals surface area contributed by atoms with E-state index in [2.05, 4.69) is 10.1 Å². The number of alkyl halides is 2. The molecule has 0 fully saturated rings. The van der Waals surface area contributed by atoms with Gasteiger partial charge in [0.1, 0.15) is 5.75 Å². The molecule has 92 valence electrons. The molecule has 0 aliphatic carbocycles. The number of carbonyl (C=O) groups is 2. The van der Waals surface area contributed by atoms with Gasteiger partial charge in [-0.15, -0.1) is 0 Å². The average molecular weight is 245 g/mol. The normalized spacial score (nSPS) is 10.1. The Morgan fingerprint density at radius 1 is 1.41 bits per heavy atom. The van der Waals surface area contributed by atoms with Crippen LogP contribution in [-0.2, 0) is 4.79 Å². The van der Waals surface area contributed by atoms with E-state index in [4.69, 9.17) is 5.11 Å². The third-order valence-corrected chi connectivity index (χ3v) is 1.76. The molecule has 0 atom stereocenters. The topological polar surface area (TPSA) is 75.6 Å². The van der Waals surface area contributed by atoms with E-state index in [0.29, 0.717) is 0 Å². The molecule has 5 nitrogen and oxygen atoms in total. The number of benzene rings is 1. The predicted octanol–water partition coefficient (Wildman–Crippen LogP) is 1.94. The van der Waals surface area contributed by atoms with Gasteiger partial charge in [0.2, 0.25) is 5.91 Å². The van der Waals surface area contributed by atoms with Crippen molar-refractivity contribution < 1.29 is 28.2 Å². The molecule has 0 radical (unpaired) electrons. The highest BCUT2D eigenvalue weighted by Gasteiger charge is 2.14. The van der Waals surface area contributed by atoms with Crippen molar-refractivity contribution in [2.24, 2.45) is 0 Å². The lowest BCUT2D eigenvalue weighted by molar-refractivity contribution is -0.114. The van der Waals surface area contributed by atoms with Gasteiger partial charge in [0.25, 0.3) is 0 Å². The molecule has 0 aliphatic heterocycles. The standard InChI is InChI=1S/C10H9F2NO4/c1-5(14)13-7-3-2-6(9(15)16)4-8(7)17-10(11)12/h2-4,10H,1H3,(H,13,14)(H,15,16). The fraction of sp³-hybridized carbons (Fsp3) is 0.200. The average Bonchev–Trinajstić information content (AvgIpc) is 2.18. The molecule has 7 heteroatoms. The number of anilines is 1. The minimum atomic E-state index is -3.11. The Morgan fingerprint density at radius 2 is 2.06 bits per heavy atom. The van der Waals surface area contributed by atoms with Crippen LogP contribution < -0.4 is 10.1 Å². The number of hydrogen-bond acceptors (Lipinski definition) is 3. The minimum absolute atomic E-state index is 0.0113. The quantitative estimate of drug-likeness (QED) is 0.849. The summed E-state index contributed by atoms with van der Waals surface area (Å²) >= 11 is 0. The van der Waals surface area contributed by atoms with Gasteiger partial charge >= 0.3 is 12.6 Å². The smallest absolute Gasteiger partial charge is 0.387 e. The number of amides is 1. The first-order valence-electron chi connectivity index (χ1n) is 4.50. The molecule has 0 heterocycles. The Labute approximate surface area is 95.0 Å². The Morgan fingerprint density at radius 3 is 2.53 bits per heavy atom. The maximum atomic E-state index is 12.1. The summed E-state index contributed by atoms with van der Waals surface area (Å²) in [6.07, 6.45) is 0. The van der Waals surface area contributed by atoms with Crippen LogP contribution in [0.2, 0.25) is 0 Å². The number of carboxylic acids is 1. The van der Waals surface area contributed by atoms with E-state index in [1.807, 2.05) is 0 Å². The van der Waals surface area contributed by atoms with Crippen molar-refractivity contribution in [1.82, 2.24) is 0 Å². The van der Waals surface area contributed by atoms with Crippen molar-refractivity contribution in [2.45, 2.75) is 13.5 Å². The highest BCUT2D eigenvalue weighted by Crippen LogP contribution is 2.27. The third-order valence-electron chi connectivity index (χ3n) is 1.76. The van der Waals surface area contributed by atoms with Crippen LogP contribution in [0.25, 0.3) is 0 Å². The first-order chi connectivity index (χ1) is 7.90. The number of rotatable bonds is 4. The molecule has 2 N–H and O–H groups in total. The van der Waals surface area contributed by atoms with Gasteiger partial charge in [0, 0.05) is 6.92 Å². The van der Waals surface area contributed by atoms with Crippen molar-refractivity contribution in [3.05, 3.63) is 23.8 Å². The predicted molar refractivity (Wildman–Crippen MR) is 54.3 cm³/mol. The van der Waals surface area contributed by atoms with Gasteiger partial charge in [0.05, 0.1) is 11.3 Å². The molecule has 0 bridgehead atoms. The second-order valence-corrected chi connectivity index (χ2v) is 3.08. The summed E-state index contributed by atoms with van der Waals surface area (Å²) in [6.45, 7) is -1.91. The molecule has 17 heavy (non-hydrogen) atoms. The highest BCUT2D eigenvalue weighted by atomic mass is 19.3. The summed E-state index contributed by atoms with van der Waals surface area (Å²) in [5.74, 6) is -2.15. The van der Waals surface area contributed by atoms with Crippen LogP contribution in [-0.4, -0.2) is 23.6 Å². The van der Waals surface area contributed by atoms with Gasteiger partial charge in [0.15, 0.2) is 0 Å². The van der Waals surface area contributed by atoms with E-state index < -0.39 is 24.2 Å². The Balaban J connectivity index is 3.11. The largest absolute Gasteiger partial charge is 0.478 e. The molecule has 0 spiro atoms. The fourth-order valence-electron chi connectivity index (χ4n) is 1.14. The van der Waals surface area contributed by atoms with E-state index >= 15 is 0 Å². The molecular formula is C10H9F2NO4. The monoisotopic (exact) mass is 245 g/mol. The molecule has 0 unspecified atom stereocenters. The lowest BCUT2D eigenvalue weighted by atomic mass is 10.2. The number of aromatic carboxylic acids is 1. The van der Waals surface area contributed by atoms with Crippen LogP contribution >= 0.6 is 0 Å². The molecule has 1 aromatic rings. The number of carboxylic acid groups (broad SMARTS) is 1. The molecule has 1 aromatic carbocycles. The summed E-state index contributed by atoms with van der Waals surface area (Å²) in [6, 6.07) is 3.27. The van der Waals surface area contributed by atoms with Crippen molar-refractivity contribution in [1.29, 1.82) is 0 Å². The van der Waals surface area contributed by atoms with Gasteiger partial charge in [-0.2, -0.15) is 8.78 Å². The van der Waals surface area contributed by atoms with Gasteiger partial charge in [-0.05, 0) is 18.2 Å².